The van der Waals surface area contributed by atoms with Crippen LogP contribution in [0, 0.1) is 40.9 Å². The molecule has 1 nitrogen and oxygen atoms in total. The Morgan fingerprint density at radius 2 is 1.38 bits per heavy atom. The maximum Gasteiger partial charge on any atom is 0.159 e. The maximum absolute atomic E-state index is 14.7. The second-order valence-electron chi connectivity index (χ2n) is 7.80. The first kappa shape index (κ1) is 23.5. The number of hydrogen-bond acceptors (Lipinski definition) is 1. The summed E-state index contributed by atoms with van der Waals surface area (Å²) in [4.78, 5) is 0. The number of methoxy groups -OCH3 is 1. The van der Waals surface area contributed by atoms with Crippen LogP contribution in [-0.4, -0.2) is 13.7 Å². The molecule has 0 aliphatic heterocycles. The molecule has 0 radical (unpaired) electrons. The van der Waals surface area contributed by atoms with Crippen molar-refractivity contribution in [2.75, 3.05) is 13.7 Å². The number of rotatable bonds is 5. The van der Waals surface area contributed by atoms with Gasteiger partial charge in [-0.15, -0.1) is 0 Å². The Hall–Kier alpha value is -3.69. The summed E-state index contributed by atoms with van der Waals surface area (Å²) in [5.41, 5.74) is 0.809. The molecule has 0 saturated carbocycles. The Morgan fingerprint density at radius 3 is 2.06 bits per heavy atom. The van der Waals surface area contributed by atoms with Crippen molar-refractivity contribution in [1.82, 2.24) is 0 Å². The van der Waals surface area contributed by atoms with Gasteiger partial charge in [-0.3, -0.25) is 0 Å². The molecule has 6 heteroatoms. The van der Waals surface area contributed by atoms with Crippen LogP contribution in [0.4, 0.5) is 22.0 Å². The maximum atomic E-state index is 14.7. The SMILES string of the molecule is COCCCc1ccc(-c2cc(F)c(C#Cc3ccc4cc(F)c(F)cc4c3)c(F)c2)c(F)c1. The highest BCUT2D eigenvalue weighted by Crippen LogP contribution is 2.28. The molecular weight excluding hydrogens is 447 g/mol. The summed E-state index contributed by atoms with van der Waals surface area (Å²) in [5, 5.41) is 0.876. The minimum atomic E-state index is -1.000. The van der Waals surface area contributed by atoms with Gasteiger partial charge in [0, 0.05) is 24.8 Å². The van der Waals surface area contributed by atoms with Gasteiger partial charge < -0.3 is 4.74 Å². The standard InChI is InChI=1S/C28H19F5O/c1-34-10-2-3-17-5-8-22(24(29)12-17)21-15-25(30)23(26(31)16-21)9-6-18-4-7-19-13-27(32)28(33)14-20(19)11-18/h4-5,7-8,11-16H,2-3,10H2,1H3. The van der Waals surface area contributed by atoms with E-state index in [1.54, 1.807) is 25.3 Å². The number of fused-ring (bicyclic) bond motifs is 1. The molecular formula is C28H19F5O. The molecule has 0 N–H and O–H groups in total. The number of ether oxygens (including phenoxy) is 1. The molecule has 0 aliphatic rings. The fraction of sp³-hybridized carbons (Fsp3) is 0.143. The van der Waals surface area contributed by atoms with Gasteiger partial charge in [-0.1, -0.05) is 30.0 Å². The van der Waals surface area contributed by atoms with Crippen molar-refractivity contribution in [3.63, 3.8) is 0 Å². The van der Waals surface area contributed by atoms with E-state index in [-0.39, 0.29) is 11.1 Å². The highest BCUT2D eigenvalue weighted by atomic mass is 19.2. The van der Waals surface area contributed by atoms with Gasteiger partial charge in [0.05, 0.1) is 5.56 Å². The Bertz CT molecular complexity index is 1410. The smallest absolute Gasteiger partial charge is 0.159 e. The van der Waals surface area contributed by atoms with Crippen LogP contribution in [-0.2, 0) is 11.2 Å². The van der Waals surface area contributed by atoms with Crippen molar-refractivity contribution in [3.05, 3.63) is 106 Å². The minimum absolute atomic E-state index is 0.0599. The molecule has 0 aliphatic carbocycles. The quantitative estimate of drug-likeness (QED) is 0.172. The van der Waals surface area contributed by atoms with Gasteiger partial charge in [-0.05, 0) is 77.2 Å². The lowest BCUT2D eigenvalue weighted by Gasteiger charge is -2.08. The highest BCUT2D eigenvalue weighted by molar-refractivity contribution is 5.84. The number of hydrogen-bond donors (Lipinski definition) is 0. The third-order valence-corrected chi connectivity index (χ3v) is 5.41. The third-order valence-electron chi connectivity index (χ3n) is 5.41. The summed E-state index contributed by atoms with van der Waals surface area (Å²) in [5.74, 6) is 0.684. The first-order chi connectivity index (χ1) is 16.4. The molecule has 0 amide bonds. The van der Waals surface area contributed by atoms with E-state index in [1.807, 2.05) is 0 Å². The monoisotopic (exact) mass is 466 g/mol. The molecule has 4 aromatic carbocycles. The zero-order valence-electron chi connectivity index (χ0n) is 18.2. The number of benzene rings is 4. The fourth-order valence-corrected chi connectivity index (χ4v) is 3.67. The van der Waals surface area contributed by atoms with Crippen LogP contribution < -0.4 is 0 Å². The van der Waals surface area contributed by atoms with E-state index >= 15 is 0 Å². The van der Waals surface area contributed by atoms with E-state index in [9.17, 15) is 22.0 Å². The molecule has 0 spiro atoms. The van der Waals surface area contributed by atoms with Crippen LogP contribution >= 0.6 is 0 Å². The van der Waals surface area contributed by atoms with Crippen LogP contribution in [0.2, 0.25) is 0 Å². The second kappa shape index (κ2) is 10.1. The van der Waals surface area contributed by atoms with Gasteiger partial charge in [0.25, 0.3) is 0 Å². The summed E-state index contributed by atoms with van der Waals surface area (Å²) in [7, 11) is 1.59. The van der Waals surface area contributed by atoms with Gasteiger partial charge in [0.2, 0.25) is 0 Å². The van der Waals surface area contributed by atoms with Gasteiger partial charge >= 0.3 is 0 Å². The predicted octanol–water partition coefficient (Wildman–Crippen LogP) is 7.18. The first-order valence-corrected chi connectivity index (χ1v) is 10.5. The molecule has 0 aromatic heterocycles. The van der Waals surface area contributed by atoms with E-state index < -0.39 is 34.6 Å². The van der Waals surface area contributed by atoms with Crippen LogP contribution in [0.3, 0.4) is 0 Å². The van der Waals surface area contributed by atoms with Crippen LogP contribution in [0.25, 0.3) is 21.9 Å². The molecule has 0 atom stereocenters. The highest BCUT2D eigenvalue weighted by Gasteiger charge is 2.14. The van der Waals surface area contributed by atoms with Crippen molar-refractivity contribution in [2.24, 2.45) is 0 Å². The van der Waals surface area contributed by atoms with Gasteiger partial charge in [-0.25, -0.2) is 22.0 Å². The Balaban J connectivity index is 1.61. The summed E-state index contributed by atoms with van der Waals surface area (Å²) in [6.45, 7) is 0.553. The molecule has 172 valence electrons. The average Bonchev–Trinajstić information content (AvgIpc) is 2.79. The van der Waals surface area contributed by atoms with E-state index in [0.29, 0.717) is 29.4 Å². The first-order valence-electron chi connectivity index (χ1n) is 10.5. The van der Waals surface area contributed by atoms with Gasteiger partial charge in [0.1, 0.15) is 17.5 Å². The molecule has 0 saturated heterocycles. The number of halogens is 5. The summed E-state index contributed by atoms with van der Waals surface area (Å²) in [6.07, 6.45) is 1.35. The molecule has 0 heterocycles. The molecule has 4 aromatic rings. The van der Waals surface area contributed by atoms with E-state index in [2.05, 4.69) is 11.8 Å². The van der Waals surface area contributed by atoms with E-state index in [1.165, 1.54) is 18.2 Å². The topological polar surface area (TPSA) is 9.23 Å². The Kier molecular flexibility index (Phi) is 6.95. The van der Waals surface area contributed by atoms with Gasteiger partial charge in [0.15, 0.2) is 11.6 Å². The predicted molar refractivity (Wildman–Crippen MR) is 122 cm³/mol. The average molecular weight is 466 g/mol. The lowest BCUT2D eigenvalue weighted by molar-refractivity contribution is 0.195. The van der Waals surface area contributed by atoms with E-state index in [0.717, 1.165) is 36.2 Å². The zero-order valence-corrected chi connectivity index (χ0v) is 18.2. The van der Waals surface area contributed by atoms with Crippen molar-refractivity contribution in [1.29, 1.82) is 0 Å². The van der Waals surface area contributed by atoms with Crippen LogP contribution in [0.15, 0.2) is 60.7 Å². The zero-order chi connectivity index (χ0) is 24.2. The fourth-order valence-electron chi connectivity index (χ4n) is 3.67. The molecule has 4 rings (SSSR count). The second-order valence-corrected chi connectivity index (χ2v) is 7.80. The summed E-state index contributed by atoms with van der Waals surface area (Å²) in [6, 6.07) is 13.3. The van der Waals surface area contributed by atoms with Crippen molar-refractivity contribution in [3.8, 4) is 23.0 Å². The molecule has 0 bridgehead atoms. The van der Waals surface area contributed by atoms with Crippen LogP contribution in [0.1, 0.15) is 23.1 Å². The minimum Gasteiger partial charge on any atom is -0.385 e. The molecule has 0 unspecified atom stereocenters. The van der Waals surface area contributed by atoms with Crippen molar-refractivity contribution >= 4 is 10.8 Å². The lowest BCUT2D eigenvalue weighted by Crippen LogP contribution is -1.96. The summed E-state index contributed by atoms with van der Waals surface area (Å²) >= 11 is 0. The summed E-state index contributed by atoms with van der Waals surface area (Å²) < 4.78 is 75.8. The normalized spacial score (nSPS) is 10.9. The Morgan fingerprint density at radius 1 is 0.676 bits per heavy atom. The largest absolute Gasteiger partial charge is 0.385 e. The number of aryl methyl sites for hydroxylation is 1. The molecule has 34 heavy (non-hydrogen) atoms. The van der Waals surface area contributed by atoms with Crippen molar-refractivity contribution in [2.45, 2.75) is 12.8 Å². The Labute approximate surface area is 193 Å². The molecule has 0 fully saturated rings. The van der Waals surface area contributed by atoms with Crippen molar-refractivity contribution < 1.29 is 26.7 Å². The third kappa shape index (κ3) is 5.11. The lowest BCUT2D eigenvalue weighted by atomic mass is 9.99. The van der Waals surface area contributed by atoms with Crippen LogP contribution in [0.5, 0.6) is 0 Å². The van der Waals surface area contributed by atoms with E-state index in [4.69, 9.17) is 4.74 Å². The van der Waals surface area contributed by atoms with Gasteiger partial charge in [-0.2, -0.15) is 0 Å².